The van der Waals surface area contributed by atoms with Crippen LogP contribution >= 0.6 is 0 Å². The van der Waals surface area contributed by atoms with Gasteiger partial charge in [0, 0.05) is 39.8 Å². The van der Waals surface area contributed by atoms with Crippen molar-refractivity contribution >= 4 is 17.9 Å². The standard InChI is InChI=1S/C12H21N3O5/c1-3-20-12(18)15-7-5-14(6-8-15)11(17)10(16)13-4-9-19-2/h3-9H2,1-2H3,(H,13,16). The molecular formula is C12H21N3O5. The molecule has 114 valence electrons. The molecule has 3 amide bonds. The van der Waals surface area contributed by atoms with E-state index in [4.69, 9.17) is 9.47 Å². The molecule has 20 heavy (non-hydrogen) atoms. The van der Waals surface area contributed by atoms with Crippen LogP contribution in [0.25, 0.3) is 0 Å². The number of nitrogens with zero attached hydrogens (tertiary/aromatic N) is 2. The Morgan fingerprint density at radius 1 is 1.10 bits per heavy atom. The molecule has 8 nitrogen and oxygen atoms in total. The van der Waals surface area contributed by atoms with Crippen molar-refractivity contribution in [3.63, 3.8) is 0 Å². The number of carbonyl (C=O) groups is 3. The summed E-state index contributed by atoms with van der Waals surface area (Å²) in [6.07, 6.45) is -0.385. The van der Waals surface area contributed by atoms with Crippen molar-refractivity contribution in [2.24, 2.45) is 0 Å². The zero-order chi connectivity index (χ0) is 15.0. The molecule has 1 heterocycles. The second-order valence-electron chi connectivity index (χ2n) is 4.23. The molecule has 0 aromatic carbocycles. The summed E-state index contributed by atoms with van der Waals surface area (Å²) in [6.45, 7) is 4.11. The molecule has 0 aromatic heterocycles. The number of amides is 3. The smallest absolute Gasteiger partial charge is 0.409 e. The highest BCUT2D eigenvalue weighted by Crippen LogP contribution is 2.04. The minimum atomic E-state index is -0.647. The lowest BCUT2D eigenvalue weighted by Crippen LogP contribution is -2.54. The van der Waals surface area contributed by atoms with Crippen LogP contribution in [0.3, 0.4) is 0 Å². The van der Waals surface area contributed by atoms with Gasteiger partial charge in [-0.15, -0.1) is 0 Å². The van der Waals surface area contributed by atoms with Crippen LogP contribution in [0.1, 0.15) is 6.92 Å². The van der Waals surface area contributed by atoms with Gasteiger partial charge in [0.05, 0.1) is 13.2 Å². The lowest BCUT2D eigenvalue weighted by Gasteiger charge is -2.33. The Hall–Kier alpha value is -1.83. The third-order valence-corrected chi connectivity index (χ3v) is 2.88. The number of nitrogens with one attached hydrogen (secondary N) is 1. The Morgan fingerprint density at radius 2 is 1.70 bits per heavy atom. The van der Waals surface area contributed by atoms with Crippen molar-refractivity contribution in [1.82, 2.24) is 15.1 Å². The Morgan fingerprint density at radius 3 is 2.25 bits per heavy atom. The van der Waals surface area contributed by atoms with Gasteiger partial charge in [-0.3, -0.25) is 9.59 Å². The molecule has 1 saturated heterocycles. The van der Waals surface area contributed by atoms with Crippen LogP contribution in [0.4, 0.5) is 4.79 Å². The fraction of sp³-hybridized carbons (Fsp3) is 0.750. The molecule has 0 atom stereocenters. The third-order valence-electron chi connectivity index (χ3n) is 2.88. The molecule has 1 aliphatic heterocycles. The molecule has 1 fully saturated rings. The predicted octanol–water partition coefficient (Wildman–Crippen LogP) is -0.950. The summed E-state index contributed by atoms with van der Waals surface area (Å²) in [5, 5.41) is 2.47. The van der Waals surface area contributed by atoms with E-state index in [2.05, 4.69) is 5.32 Å². The molecule has 0 saturated carbocycles. The van der Waals surface area contributed by atoms with Crippen LogP contribution in [0.5, 0.6) is 0 Å². The summed E-state index contributed by atoms with van der Waals surface area (Å²) in [7, 11) is 1.52. The highest BCUT2D eigenvalue weighted by Gasteiger charge is 2.28. The predicted molar refractivity (Wildman–Crippen MR) is 70.1 cm³/mol. The molecule has 0 spiro atoms. The fourth-order valence-electron chi connectivity index (χ4n) is 1.79. The number of piperazine rings is 1. The van der Waals surface area contributed by atoms with Gasteiger partial charge in [0.15, 0.2) is 0 Å². The van der Waals surface area contributed by atoms with Crippen molar-refractivity contribution < 1.29 is 23.9 Å². The molecule has 0 radical (unpaired) electrons. The zero-order valence-electron chi connectivity index (χ0n) is 11.9. The van der Waals surface area contributed by atoms with Gasteiger partial charge in [0.2, 0.25) is 0 Å². The summed E-state index contributed by atoms with van der Waals surface area (Å²) in [6, 6.07) is 0. The summed E-state index contributed by atoms with van der Waals surface area (Å²) >= 11 is 0. The first kappa shape index (κ1) is 16.2. The highest BCUT2D eigenvalue weighted by atomic mass is 16.6. The molecule has 1 rings (SSSR count). The third kappa shape index (κ3) is 4.69. The maximum absolute atomic E-state index is 11.8. The lowest BCUT2D eigenvalue weighted by atomic mass is 10.3. The van der Waals surface area contributed by atoms with Crippen LogP contribution < -0.4 is 5.32 Å². The van der Waals surface area contributed by atoms with Gasteiger partial charge in [-0.1, -0.05) is 0 Å². The average molecular weight is 287 g/mol. The van der Waals surface area contributed by atoms with E-state index in [0.29, 0.717) is 45.9 Å². The van der Waals surface area contributed by atoms with Crippen LogP contribution in [0, 0.1) is 0 Å². The van der Waals surface area contributed by atoms with Gasteiger partial charge in [-0.05, 0) is 6.92 Å². The fourth-order valence-corrected chi connectivity index (χ4v) is 1.79. The first-order valence-corrected chi connectivity index (χ1v) is 6.57. The van der Waals surface area contributed by atoms with E-state index in [0.717, 1.165) is 0 Å². The van der Waals surface area contributed by atoms with E-state index in [9.17, 15) is 14.4 Å². The summed E-state index contributed by atoms with van der Waals surface area (Å²) < 4.78 is 9.66. The molecule has 8 heteroatoms. The Labute approximate surface area is 118 Å². The lowest BCUT2D eigenvalue weighted by molar-refractivity contribution is -0.146. The molecule has 0 aliphatic carbocycles. The first-order chi connectivity index (χ1) is 9.60. The van der Waals surface area contributed by atoms with Gasteiger partial charge in [0.1, 0.15) is 0 Å². The van der Waals surface area contributed by atoms with Gasteiger partial charge in [-0.2, -0.15) is 0 Å². The second-order valence-corrected chi connectivity index (χ2v) is 4.23. The van der Waals surface area contributed by atoms with E-state index >= 15 is 0 Å². The number of methoxy groups -OCH3 is 1. The topological polar surface area (TPSA) is 88.2 Å². The molecule has 0 aromatic rings. The van der Waals surface area contributed by atoms with E-state index in [1.54, 1.807) is 6.92 Å². The molecule has 0 unspecified atom stereocenters. The van der Waals surface area contributed by atoms with E-state index in [1.165, 1.54) is 16.9 Å². The normalized spacial score (nSPS) is 14.9. The van der Waals surface area contributed by atoms with Crippen molar-refractivity contribution in [3.05, 3.63) is 0 Å². The number of carbonyl (C=O) groups excluding carboxylic acids is 3. The van der Waals surface area contributed by atoms with Gasteiger partial charge < -0.3 is 24.6 Å². The highest BCUT2D eigenvalue weighted by molar-refractivity contribution is 6.35. The quantitative estimate of drug-likeness (QED) is 0.532. The van der Waals surface area contributed by atoms with Crippen molar-refractivity contribution in [2.75, 3.05) is 53.0 Å². The average Bonchev–Trinajstić information content (AvgIpc) is 2.47. The largest absolute Gasteiger partial charge is 0.450 e. The van der Waals surface area contributed by atoms with Crippen LogP contribution in [-0.2, 0) is 19.1 Å². The van der Waals surface area contributed by atoms with Crippen molar-refractivity contribution in [2.45, 2.75) is 6.92 Å². The van der Waals surface area contributed by atoms with Gasteiger partial charge in [0.25, 0.3) is 0 Å². The molecule has 1 aliphatic rings. The van der Waals surface area contributed by atoms with Gasteiger partial charge in [-0.25, -0.2) is 4.79 Å². The van der Waals surface area contributed by atoms with Crippen molar-refractivity contribution in [1.29, 1.82) is 0 Å². The number of ether oxygens (including phenoxy) is 2. The maximum atomic E-state index is 11.8. The van der Waals surface area contributed by atoms with Crippen LogP contribution in [0.15, 0.2) is 0 Å². The molecule has 0 bridgehead atoms. The summed E-state index contributed by atoms with van der Waals surface area (Å²) in [4.78, 5) is 37.8. The van der Waals surface area contributed by atoms with Gasteiger partial charge >= 0.3 is 17.9 Å². The number of rotatable bonds is 4. The first-order valence-electron chi connectivity index (χ1n) is 6.57. The Balaban J connectivity index is 2.35. The molecular weight excluding hydrogens is 266 g/mol. The van der Waals surface area contributed by atoms with E-state index in [1.807, 2.05) is 0 Å². The SMILES string of the molecule is CCOC(=O)N1CCN(C(=O)C(=O)NCCOC)CC1. The number of hydrogen-bond donors (Lipinski definition) is 1. The van der Waals surface area contributed by atoms with Crippen molar-refractivity contribution in [3.8, 4) is 0 Å². The monoisotopic (exact) mass is 287 g/mol. The minimum absolute atomic E-state index is 0.296. The van der Waals surface area contributed by atoms with E-state index in [-0.39, 0.29) is 6.09 Å². The second kappa shape index (κ2) is 8.36. The zero-order valence-corrected chi connectivity index (χ0v) is 11.9. The summed E-state index contributed by atoms with van der Waals surface area (Å²) in [5.41, 5.74) is 0. The van der Waals surface area contributed by atoms with E-state index < -0.39 is 11.8 Å². The maximum Gasteiger partial charge on any atom is 0.409 e. The molecule has 1 N–H and O–H groups in total. The van der Waals surface area contributed by atoms with Crippen LogP contribution in [0.2, 0.25) is 0 Å². The summed E-state index contributed by atoms with van der Waals surface area (Å²) in [5.74, 6) is -1.23. The number of hydrogen-bond acceptors (Lipinski definition) is 5. The Kier molecular flexibility index (Phi) is 6.78. The minimum Gasteiger partial charge on any atom is -0.450 e. The van der Waals surface area contributed by atoms with Crippen LogP contribution in [-0.4, -0.2) is 80.8 Å². The Bertz CT molecular complexity index is 353.